The molecule has 0 saturated carbocycles. The minimum atomic E-state index is -1.17. The van der Waals surface area contributed by atoms with Gasteiger partial charge in [-0.3, -0.25) is 4.90 Å². The predicted molar refractivity (Wildman–Crippen MR) is 86.3 cm³/mol. The highest BCUT2D eigenvalue weighted by atomic mass is 19.1. The third kappa shape index (κ3) is 3.40. The third-order valence-electron chi connectivity index (χ3n) is 4.15. The molecule has 6 nitrogen and oxygen atoms in total. The van der Waals surface area contributed by atoms with Gasteiger partial charge in [0.2, 0.25) is 0 Å². The first-order valence-electron chi connectivity index (χ1n) is 7.69. The van der Waals surface area contributed by atoms with Crippen molar-refractivity contribution in [3.8, 4) is 5.75 Å². The lowest BCUT2D eigenvalue weighted by molar-refractivity contribution is -0.139. The third-order valence-corrected chi connectivity index (χ3v) is 4.15. The molecule has 1 aliphatic rings. The molecule has 0 aromatic heterocycles. The number of rotatable bonds is 4. The smallest absolute Gasteiger partial charge is 0.408 e. The monoisotopic (exact) mass is 345 g/mol. The van der Waals surface area contributed by atoms with Gasteiger partial charge in [0.25, 0.3) is 0 Å². The lowest BCUT2D eigenvalue weighted by Crippen LogP contribution is -2.40. The standard InChI is InChI=1S/C18H16FNO5/c19-12-5-6-15(25-10-16(21)22)14(9-12)17-13-4-2-1-3-11(13)7-8-20(17)18(23)24/h1-6,9,17H,7-8,10H2,(H,21,22)(H,23,24). The van der Waals surface area contributed by atoms with Gasteiger partial charge in [-0.25, -0.2) is 14.0 Å². The van der Waals surface area contributed by atoms with Crippen LogP contribution >= 0.6 is 0 Å². The molecule has 2 N–H and O–H groups in total. The first-order valence-corrected chi connectivity index (χ1v) is 7.69. The number of fused-ring (bicyclic) bond motifs is 1. The van der Waals surface area contributed by atoms with E-state index in [1.54, 1.807) is 12.1 Å². The maximum atomic E-state index is 13.9. The van der Waals surface area contributed by atoms with E-state index in [1.165, 1.54) is 17.0 Å². The summed E-state index contributed by atoms with van der Waals surface area (Å²) < 4.78 is 19.1. The minimum Gasteiger partial charge on any atom is -0.482 e. The van der Waals surface area contributed by atoms with Crippen LogP contribution in [0, 0.1) is 5.82 Å². The summed E-state index contributed by atoms with van der Waals surface area (Å²) in [7, 11) is 0. The molecular weight excluding hydrogens is 329 g/mol. The summed E-state index contributed by atoms with van der Waals surface area (Å²) in [5.41, 5.74) is 2.00. The van der Waals surface area contributed by atoms with Gasteiger partial charge in [0, 0.05) is 12.1 Å². The summed E-state index contributed by atoms with van der Waals surface area (Å²) >= 11 is 0. The molecule has 0 radical (unpaired) electrons. The second-order valence-corrected chi connectivity index (χ2v) is 5.69. The largest absolute Gasteiger partial charge is 0.482 e. The molecular formula is C18H16FNO5. The van der Waals surface area contributed by atoms with E-state index >= 15 is 0 Å². The average Bonchev–Trinajstić information content (AvgIpc) is 2.59. The quantitative estimate of drug-likeness (QED) is 0.890. The highest BCUT2D eigenvalue weighted by molar-refractivity contribution is 5.69. The Bertz CT molecular complexity index is 823. The fraction of sp³-hybridized carbons (Fsp3) is 0.222. The number of nitrogens with zero attached hydrogens (tertiary/aromatic N) is 1. The van der Waals surface area contributed by atoms with Gasteiger partial charge >= 0.3 is 12.1 Å². The number of amides is 1. The van der Waals surface area contributed by atoms with Gasteiger partial charge in [0.15, 0.2) is 6.61 Å². The molecule has 2 aromatic carbocycles. The molecule has 0 fully saturated rings. The fourth-order valence-electron chi connectivity index (χ4n) is 3.11. The summed E-state index contributed by atoms with van der Waals surface area (Å²) in [5, 5.41) is 18.4. The molecule has 3 rings (SSSR count). The van der Waals surface area contributed by atoms with Crippen LogP contribution in [0.5, 0.6) is 5.75 Å². The molecule has 1 amide bonds. The fourth-order valence-corrected chi connectivity index (χ4v) is 3.11. The molecule has 0 spiro atoms. The van der Waals surface area contributed by atoms with Gasteiger partial charge in [-0.05, 0) is 35.7 Å². The second kappa shape index (κ2) is 6.80. The predicted octanol–water partition coefficient (Wildman–Crippen LogP) is 2.91. The summed E-state index contributed by atoms with van der Waals surface area (Å²) in [4.78, 5) is 23.7. The molecule has 1 unspecified atom stereocenters. The Labute approximate surface area is 143 Å². The van der Waals surface area contributed by atoms with E-state index in [0.29, 0.717) is 6.42 Å². The Morgan fingerprint density at radius 3 is 2.64 bits per heavy atom. The molecule has 0 saturated heterocycles. The zero-order valence-corrected chi connectivity index (χ0v) is 13.2. The van der Waals surface area contributed by atoms with E-state index in [4.69, 9.17) is 9.84 Å². The molecule has 130 valence electrons. The van der Waals surface area contributed by atoms with Crippen LogP contribution in [0.1, 0.15) is 22.7 Å². The Kier molecular flexibility index (Phi) is 4.56. The van der Waals surface area contributed by atoms with Gasteiger partial charge in [-0.2, -0.15) is 0 Å². The number of carboxylic acids is 1. The lowest BCUT2D eigenvalue weighted by Gasteiger charge is -2.36. The van der Waals surface area contributed by atoms with E-state index in [1.807, 2.05) is 12.1 Å². The van der Waals surface area contributed by atoms with Crippen LogP contribution in [-0.4, -0.2) is 40.3 Å². The second-order valence-electron chi connectivity index (χ2n) is 5.69. The highest BCUT2D eigenvalue weighted by Crippen LogP contribution is 2.39. The van der Waals surface area contributed by atoms with Crippen molar-refractivity contribution in [2.75, 3.05) is 13.2 Å². The minimum absolute atomic E-state index is 0.150. The Morgan fingerprint density at radius 1 is 1.16 bits per heavy atom. The van der Waals surface area contributed by atoms with Gasteiger partial charge in [-0.15, -0.1) is 0 Å². The van der Waals surface area contributed by atoms with Crippen LogP contribution in [0.15, 0.2) is 42.5 Å². The number of halogens is 1. The summed E-state index contributed by atoms with van der Waals surface area (Å²) in [5.74, 6) is -1.57. The van der Waals surface area contributed by atoms with E-state index < -0.39 is 30.5 Å². The Hall–Kier alpha value is -3.09. The number of carboxylic acid groups (broad SMARTS) is 2. The zero-order valence-electron chi connectivity index (χ0n) is 13.2. The number of ether oxygens (including phenoxy) is 1. The maximum Gasteiger partial charge on any atom is 0.408 e. The number of carbonyl (C=O) groups is 2. The lowest BCUT2D eigenvalue weighted by atomic mass is 9.88. The van der Waals surface area contributed by atoms with Gasteiger partial charge in [0.05, 0.1) is 6.04 Å². The first kappa shape index (κ1) is 16.8. The molecule has 0 aliphatic carbocycles. The average molecular weight is 345 g/mol. The van der Waals surface area contributed by atoms with Crippen LogP contribution in [0.2, 0.25) is 0 Å². The van der Waals surface area contributed by atoms with Crippen molar-refractivity contribution < 1.29 is 28.9 Å². The number of benzene rings is 2. The van der Waals surface area contributed by atoms with Crippen molar-refractivity contribution in [2.24, 2.45) is 0 Å². The number of hydrogen-bond donors (Lipinski definition) is 2. The van der Waals surface area contributed by atoms with Crippen molar-refractivity contribution >= 4 is 12.1 Å². The van der Waals surface area contributed by atoms with Crippen molar-refractivity contribution in [3.05, 3.63) is 65.0 Å². The molecule has 0 bridgehead atoms. The summed E-state index contributed by atoms with van der Waals surface area (Å²) in [6.45, 7) is -0.341. The molecule has 1 atom stereocenters. The van der Waals surface area contributed by atoms with Crippen LogP contribution in [0.25, 0.3) is 0 Å². The Morgan fingerprint density at radius 2 is 1.92 bits per heavy atom. The molecule has 25 heavy (non-hydrogen) atoms. The van der Waals surface area contributed by atoms with E-state index in [9.17, 15) is 19.1 Å². The van der Waals surface area contributed by atoms with E-state index in [-0.39, 0.29) is 17.9 Å². The van der Waals surface area contributed by atoms with Crippen molar-refractivity contribution in [3.63, 3.8) is 0 Å². The summed E-state index contributed by atoms with van der Waals surface area (Å²) in [6, 6.07) is 10.3. The molecule has 7 heteroatoms. The van der Waals surface area contributed by atoms with Crippen LogP contribution in [0.4, 0.5) is 9.18 Å². The zero-order chi connectivity index (χ0) is 18.0. The SMILES string of the molecule is O=C(O)COc1ccc(F)cc1C1c2ccccc2CCN1C(=O)O. The number of hydrogen-bond acceptors (Lipinski definition) is 3. The van der Waals surface area contributed by atoms with Gasteiger partial charge < -0.3 is 14.9 Å². The van der Waals surface area contributed by atoms with E-state index in [0.717, 1.165) is 17.2 Å². The van der Waals surface area contributed by atoms with E-state index in [2.05, 4.69) is 0 Å². The molecule has 2 aromatic rings. The van der Waals surface area contributed by atoms with Crippen molar-refractivity contribution in [1.29, 1.82) is 0 Å². The molecule has 1 aliphatic heterocycles. The summed E-state index contributed by atoms with van der Waals surface area (Å²) in [6.07, 6.45) is -0.576. The van der Waals surface area contributed by atoms with Crippen molar-refractivity contribution in [2.45, 2.75) is 12.5 Å². The van der Waals surface area contributed by atoms with Gasteiger partial charge in [0.1, 0.15) is 11.6 Å². The van der Waals surface area contributed by atoms with Crippen LogP contribution < -0.4 is 4.74 Å². The van der Waals surface area contributed by atoms with Crippen LogP contribution in [0.3, 0.4) is 0 Å². The normalized spacial score (nSPS) is 16.2. The van der Waals surface area contributed by atoms with Gasteiger partial charge in [-0.1, -0.05) is 24.3 Å². The molecule has 1 heterocycles. The van der Waals surface area contributed by atoms with Crippen LogP contribution in [-0.2, 0) is 11.2 Å². The topological polar surface area (TPSA) is 87.1 Å². The number of aliphatic carboxylic acids is 1. The van der Waals surface area contributed by atoms with Crippen molar-refractivity contribution in [1.82, 2.24) is 4.90 Å². The highest BCUT2D eigenvalue weighted by Gasteiger charge is 2.34. The first-order chi connectivity index (χ1) is 12.0. The Balaban J connectivity index is 2.12. The maximum absolute atomic E-state index is 13.9.